The molecule has 0 saturated heterocycles. The zero-order valence-electron chi connectivity index (χ0n) is 15.5. The number of nitrogens with zero attached hydrogens (tertiary/aromatic N) is 1. The molecule has 3 N–H and O–H groups in total. The lowest BCUT2D eigenvalue weighted by Crippen LogP contribution is -2.21. The van der Waals surface area contributed by atoms with Gasteiger partial charge in [-0.2, -0.15) is 13.2 Å². The predicted octanol–water partition coefficient (Wildman–Crippen LogP) is 6.01. The van der Waals surface area contributed by atoms with Crippen LogP contribution in [0.25, 0.3) is 10.4 Å². The van der Waals surface area contributed by atoms with E-state index in [9.17, 15) is 13.2 Å². The Morgan fingerprint density at radius 2 is 2.00 bits per heavy atom. The van der Waals surface area contributed by atoms with Gasteiger partial charge < -0.3 is 5.73 Å². The molecular formula is C20H24F3N3S. The lowest BCUT2D eigenvalue weighted by molar-refractivity contribution is -0.0925. The van der Waals surface area contributed by atoms with Crippen LogP contribution in [0.1, 0.15) is 49.6 Å². The fraction of sp³-hybridized carbons (Fsp3) is 0.400. The van der Waals surface area contributed by atoms with Gasteiger partial charge in [0, 0.05) is 10.6 Å². The molecule has 146 valence electrons. The van der Waals surface area contributed by atoms with Gasteiger partial charge in [0.2, 0.25) is 0 Å². The van der Waals surface area contributed by atoms with E-state index in [-0.39, 0.29) is 11.4 Å². The Hall–Kier alpha value is -2.15. The van der Waals surface area contributed by atoms with Crippen molar-refractivity contribution in [2.45, 2.75) is 52.1 Å². The number of nitrogens with two attached hydrogens (primary N) is 1. The maximum absolute atomic E-state index is 12.6. The number of unbranched alkanes of at least 4 members (excludes halogenated alkanes) is 3. The Labute approximate surface area is 161 Å². The molecule has 27 heavy (non-hydrogen) atoms. The lowest BCUT2D eigenvalue weighted by atomic mass is 10.0. The van der Waals surface area contributed by atoms with Gasteiger partial charge in [0.05, 0.1) is 11.4 Å². The molecule has 0 aliphatic rings. The fourth-order valence-electron chi connectivity index (χ4n) is 2.78. The molecule has 0 spiro atoms. The Bertz CT molecular complexity index is 822. The smallest absolute Gasteiger partial charge is 0.395 e. The first-order valence-corrected chi connectivity index (χ1v) is 9.79. The van der Waals surface area contributed by atoms with Gasteiger partial charge in [0.15, 0.2) is 0 Å². The molecular weight excluding hydrogens is 371 g/mol. The third kappa shape index (κ3) is 5.92. The first kappa shape index (κ1) is 21.2. The highest BCUT2D eigenvalue weighted by molar-refractivity contribution is 7.13. The SMILES string of the molecule is CCCCCCc1ccsc1-c1cc(C)nc(C(=N)C=C(N)C(F)(F)F)c1. The number of thiophene rings is 1. The zero-order valence-corrected chi connectivity index (χ0v) is 16.3. The summed E-state index contributed by atoms with van der Waals surface area (Å²) in [6.45, 7) is 3.94. The summed E-state index contributed by atoms with van der Waals surface area (Å²) in [6.07, 6.45) is 1.61. The maximum atomic E-state index is 12.6. The molecule has 2 aromatic heterocycles. The van der Waals surface area contributed by atoms with Crippen molar-refractivity contribution >= 4 is 17.0 Å². The highest BCUT2D eigenvalue weighted by Crippen LogP contribution is 2.32. The number of alkyl halides is 3. The standard InChI is InChI=1S/C20H24F3N3S/c1-3-4-5-6-7-14-8-9-27-19(14)15-10-13(2)26-17(11-15)16(24)12-18(25)20(21,22)23/h8-12,24H,3-7,25H2,1-2H3. The molecule has 2 heterocycles. The Balaban J connectivity index is 2.28. The van der Waals surface area contributed by atoms with Crippen LogP contribution in [0.3, 0.4) is 0 Å². The summed E-state index contributed by atoms with van der Waals surface area (Å²) in [5.74, 6) is 0. The van der Waals surface area contributed by atoms with Gasteiger partial charge in [-0.25, -0.2) is 0 Å². The number of nitrogens with one attached hydrogen (secondary N) is 1. The van der Waals surface area contributed by atoms with Crippen LogP contribution in [0.15, 0.2) is 35.4 Å². The van der Waals surface area contributed by atoms with Gasteiger partial charge in [-0.3, -0.25) is 10.4 Å². The zero-order chi connectivity index (χ0) is 20.0. The van der Waals surface area contributed by atoms with E-state index in [0.717, 1.165) is 23.3 Å². The summed E-state index contributed by atoms with van der Waals surface area (Å²) in [4.78, 5) is 5.29. The van der Waals surface area contributed by atoms with E-state index in [2.05, 4.69) is 18.0 Å². The minimum Gasteiger partial charge on any atom is -0.395 e. The number of halogens is 3. The quantitative estimate of drug-likeness (QED) is 0.424. The number of aromatic nitrogens is 1. The summed E-state index contributed by atoms with van der Waals surface area (Å²) in [5.41, 5.74) is 6.32. The van der Waals surface area contributed by atoms with Crippen molar-refractivity contribution in [3.8, 4) is 10.4 Å². The highest BCUT2D eigenvalue weighted by Gasteiger charge is 2.31. The first-order valence-electron chi connectivity index (χ1n) is 8.91. The molecule has 2 aromatic rings. The van der Waals surface area contributed by atoms with E-state index >= 15 is 0 Å². The number of pyridine rings is 1. The summed E-state index contributed by atoms with van der Waals surface area (Å²) < 4.78 is 37.9. The van der Waals surface area contributed by atoms with E-state index in [0.29, 0.717) is 11.8 Å². The van der Waals surface area contributed by atoms with Crippen molar-refractivity contribution in [2.24, 2.45) is 5.73 Å². The molecule has 2 rings (SSSR count). The lowest BCUT2D eigenvalue weighted by Gasteiger charge is -2.09. The maximum Gasteiger partial charge on any atom is 0.430 e. The van der Waals surface area contributed by atoms with Crippen molar-refractivity contribution in [3.63, 3.8) is 0 Å². The molecule has 0 aliphatic carbocycles. The number of aryl methyl sites for hydroxylation is 2. The van der Waals surface area contributed by atoms with Gasteiger partial charge in [0.25, 0.3) is 0 Å². The van der Waals surface area contributed by atoms with Crippen molar-refractivity contribution in [3.05, 3.63) is 52.3 Å². The third-order valence-electron chi connectivity index (χ3n) is 4.17. The summed E-state index contributed by atoms with van der Waals surface area (Å²) in [5, 5.41) is 9.97. The Morgan fingerprint density at radius 3 is 2.67 bits per heavy atom. The van der Waals surface area contributed by atoms with E-state index in [1.54, 1.807) is 24.3 Å². The molecule has 0 amide bonds. The van der Waals surface area contributed by atoms with Gasteiger partial charge in [-0.05, 0) is 60.5 Å². The minimum absolute atomic E-state index is 0.183. The predicted molar refractivity (Wildman–Crippen MR) is 105 cm³/mol. The average molecular weight is 395 g/mol. The summed E-state index contributed by atoms with van der Waals surface area (Å²) >= 11 is 1.60. The summed E-state index contributed by atoms with van der Waals surface area (Å²) in [7, 11) is 0. The van der Waals surface area contributed by atoms with Crippen molar-refractivity contribution < 1.29 is 13.2 Å². The van der Waals surface area contributed by atoms with Gasteiger partial charge in [0.1, 0.15) is 5.70 Å². The molecule has 0 aromatic carbocycles. The van der Waals surface area contributed by atoms with Crippen LogP contribution >= 0.6 is 11.3 Å². The normalized spacial score (nSPS) is 12.4. The van der Waals surface area contributed by atoms with E-state index in [1.807, 2.05) is 11.4 Å². The second kappa shape index (κ2) is 9.17. The van der Waals surface area contributed by atoms with Crippen LogP contribution in [0.4, 0.5) is 13.2 Å². The second-order valence-electron chi connectivity index (χ2n) is 6.48. The van der Waals surface area contributed by atoms with Crippen molar-refractivity contribution in [2.75, 3.05) is 0 Å². The highest BCUT2D eigenvalue weighted by atomic mass is 32.1. The van der Waals surface area contributed by atoms with Crippen LogP contribution in [0.2, 0.25) is 0 Å². The van der Waals surface area contributed by atoms with Crippen molar-refractivity contribution in [1.82, 2.24) is 4.98 Å². The molecule has 0 aliphatic heterocycles. The Kier molecular flexibility index (Phi) is 7.18. The topological polar surface area (TPSA) is 62.8 Å². The molecule has 0 saturated carbocycles. The molecule has 0 bridgehead atoms. The molecule has 7 heteroatoms. The van der Waals surface area contributed by atoms with Crippen LogP contribution in [-0.4, -0.2) is 16.9 Å². The van der Waals surface area contributed by atoms with Crippen LogP contribution in [0.5, 0.6) is 0 Å². The van der Waals surface area contributed by atoms with E-state index in [4.69, 9.17) is 11.1 Å². The number of hydrogen-bond donors (Lipinski definition) is 2. The van der Waals surface area contributed by atoms with Gasteiger partial charge in [-0.15, -0.1) is 11.3 Å². The van der Waals surface area contributed by atoms with Gasteiger partial charge >= 0.3 is 6.18 Å². The van der Waals surface area contributed by atoms with E-state index < -0.39 is 11.9 Å². The monoisotopic (exact) mass is 395 g/mol. The fourth-order valence-corrected chi connectivity index (χ4v) is 3.72. The largest absolute Gasteiger partial charge is 0.430 e. The first-order chi connectivity index (χ1) is 12.7. The van der Waals surface area contributed by atoms with Crippen LogP contribution in [-0.2, 0) is 6.42 Å². The van der Waals surface area contributed by atoms with Crippen LogP contribution in [0, 0.1) is 12.3 Å². The third-order valence-corrected chi connectivity index (χ3v) is 5.17. The minimum atomic E-state index is -4.65. The number of hydrogen-bond acceptors (Lipinski definition) is 4. The van der Waals surface area contributed by atoms with Crippen LogP contribution < -0.4 is 5.73 Å². The average Bonchev–Trinajstić information content (AvgIpc) is 3.05. The molecule has 3 nitrogen and oxygen atoms in total. The van der Waals surface area contributed by atoms with E-state index in [1.165, 1.54) is 24.8 Å². The molecule has 0 unspecified atom stereocenters. The second-order valence-corrected chi connectivity index (χ2v) is 7.40. The van der Waals surface area contributed by atoms with Crippen molar-refractivity contribution in [1.29, 1.82) is 5.41 Å². The number of rotatable bonds is 8. The Morgan fingerprint density at radius 1 is 1.26 bits per heavy atom. The molecule has 0 fully saturated rings. The van der Waals surface area contributed by atoms with Gasteiger partial charge in [-0.1, -0.05) is 26.2 Å². The number of allylic oxidation sites excluding steroid dienone is 2. The summed E-state index contributed by atoms with van der Waals surface area (Å²) in [6, 6.07) is 5.65. The molecule has 0 radical (unpaired) electrons. The molecule has 0 atom stereocenters.